The van der Waals surface area contributed by atoms with Crippen LogP contribution in [0.5, 0.6) is 0 Å². The fourth-order valence-corrected chi connectivity index (χ4v) is 2.67. The summed E-state index contributed by atoms with van der Waals surface area (Å²) in [5.74, 6) is -0.569. The van der Waals surface area contributed by atoms with Crippen LogP contribution in [-0.4, -0.2) is 24.9 Å². The Labute approximate surface area is 132 Å². The largest absolute Gasteiger partial charge is 0.354 e. The van der Waals surface area contributed by atoms with Gasteiger partial charge in [-0.25, -0.2) is 0 Å². The Bertz CT molecular complexity index is 614. The van der Waals surface area contributed by atoms with E-state index < -0.39 is 0 Å². The molecule has 4 nitrogen and oxygen atoms in total. The molecule has 6 heteroatoms. The molecule has 0 aliphatic carbocycles. The maximum Gasteiger partial charge on any atom is 0.253 e. The zero-order valence-electron chi connectivity index (χ0n) is 11.3. The molecule has 110 valence electrons. The van der Waals surface area contributed by atoms with Crippen molar-refractivity contribution in [2.45, 2.75) is 6.42 Å². The Hall–Kier alpha value is -1.85. The van der Waals surface area contributed by atoms with E-state index in [4.69, 9.17) is 11.6 Å². The van der Waals surface area contributed by atoms with Crippen LogP contribution in [-0.2, 0) is 11.2 Å². The Balaban J connectivity index is 1.71. The second-order valence-electron chi connectivity index (χ2n) is 4.34. The van der Waals surface area contributed by atoms with E-state index in [-0.39, 0.29) is 18.4 Å². The molecule has 0 saturated heterocycles. The summed E-state index contributed by atoms with van der Waals surface area (Å²) in [6, 6.07) is 10.7. The van der Waals surface area contributed by atoms with Crippen LogP contribution < -0.4 is 10.6 Å². The molecular weight excluding hydrogens is 308 g/mol. The van der Waals surface area contributed by atoms with Crippen molar-refractivity contribution in [2.24, 2.45) is 0 Å². The molecule has 0 atom stereocenters. The highest BCUT2D eigenvalue weighted by molar-refractivity contribution is 7.09. The van der Waals surface area contributed by atoms with Crippen LogP contribution in [0.25, 0.3) is 0 Å². The number of amides is 2. The second kappa shape index (κ2) is 7.81. The first kappa shape index (κ1) is 15.5. The maximum absolute atomic E-state index is 11.9. The quantitative estimate of drug-likeness (QED) is 0.858. The molecule has 2 amide bonds. The average molecular weight is 323 g/mol. The molecule has 0 radical (unpaired) electrons. The van der Waals surface area contributed by atoms with Crippen molar-refractivity contribution in [2.75, 3.05) is 13.1 Å². The van der Waals surface area contributed by atoms with Crippen molar-refractivity contribution in [1.82, 2.24) is 10.6 Å². The van der Waals surface area contributed by atoms with Gasteiger partial charge in [-0.3, -0.25) is 9.59 Å². The van der Waals surface area contributed by atoms with Gasteiger partial charge >= 0.3 is 0 Å². The molecular formula is C15H15ClN2O2S. The standard InChI is InChI=1S/C15H15ClN2O2S/c16-13-6-2-1-5-12(13)15(20)18-10-14(19)17-8-7-11-4-3-9-21-11/h1-6,9H,7-8,10H2,(H,17,19)(H,18,20). The monoisotopic (exact) mass is 322 g/mol. The predicted molar refractivity (Wildman–Crippen MR) is 84.8 cm³/mol. The van der Waals surface area contributed by atoms with Crippen LogP contribution in [0.4, 0.5) is 0 Å². The van der Waals surface area contributed by atoms with Crippen molar-refractivity contribution in [3.63, 3.8) is 0 Å². The lowest BCUT2D eigenvalue weighted by atomic mass is 10.2. The van der Waals surface area contributed by atoms with Crippen molar-refractivity contribution in [1.29, 1.82) is 0 Å². The molecule has 0 unspecified atom stereocenters. The third kappa shape index (κ3) is 4.88. The van der Waals surface area contributed by atoms with Crippen molar-refractivity contribution in [3.05, 3.63) is 57.2 Å². The SMILES string of the molecule is O=C(CNC(=O)c1ccccc1Cl)NCCc1cccs1. The van der Waals surface area contributed by atoms with E-state index in [9.17, 15) is 9.59 Å². The van der Waals surface area contributed by atoms with Gasteiger partial charge in [0.1, 0.15) is 0 Å². The zero-order chi connectivity index (χ0) is 15.1. The third-order valence-electron chi connectivity index (χ3n) is 2.80. The summed E-state index contributed by atoms with van der Waals surface area (Å²) in [7, 11) is 0. The number of halogens is 1. The molecule has 21 heavy (non-hydrogen) atoms. The number of hydrogen-bond donors (Lipinski definition) is 2. The van der Waals surface area contributed by atoms with Gasteiger partial charge in [-0.1, -0.05) is 29.8 Å². The van der Waals surface area contributed by atoms with Gasteiger partial charge in [0.2, 0.25) is 5.91 Å². The van der Waals surface area contributed by atoms with Crippen molar-refractivity contribution >= 4 is 34.8 Å². The lowest BCUT2D eigenvalue weighted by Gasteiger charge is -2.07. The van der Waals surface area contributed by atoms with Gasteiger partial charge in [0.25, 0.3) is 5.91 Å². The minimum atomic E-state index is -0.353. The summed E-state index contributed by atoms with van der Waals surface area (Å²) in [5.41, 5.74) is 0.366. The molecule has 0 saturated carbocycles. The summed E-state index contributed by atoms with van der Waals surface area (Å²) < 4.78 is 0. The lowest BCUT2D eigenvalue weighted by molar-refractivity contribution is -0.120. The van der Waals surface area contributed by atoms with Gasteiger partial charge < -0.3 is 10.6 Å². The van der Waals surface area contributed by atoms with Gasteiger partial charge in [0.15, 0.2) is 0 Å². The van der Waals surface area contributed by atoms with Crippen LogP contribution in [0.3, 0.4) is 0 Å². The number of thiophene rings is 1. The highest BCUT2D eigenvalue weighted by Gasteiger charge is 2.10. The minimum absolute atomic E-state index is 0.0610. The highest BCUT2D eigenvalue weighted by Crippen LogP contribution is 2.14. The fourth-order valence-electron chi connectivity index (χ4n) is 1.74. The molecule has 0 bridgehead atoms. The van der Waals surface area contributed by atoms with E-state index in [0.717, 1.165) is 6.42 Å². The fraction of sp³-hybridized carbons (Fsp3) is 0.200. The molecule has 2 rings (SSSR count). The Kier molecular flexibility index (Phi) is 5.78. The zero-order valence-corrected chi connectivity index (χ0v) is 12.8. The van der Waals surface area contributed by atoms with Crippen LogP contribution in [0.15, 0.2) is 41.8 Å². The van der Waals surface area contributed by atoms with E-state index >= 15 is 0 Å². The van der Waals surface area contributed by atoms with Gasteiger partial charge in [-0.05, 0) is 30.0 Å². The minimum Gasteiger partial charge on any atom is -0.354 e. The number of rotatable bonds is 6. The highest BCUT2D eigenvalue weighted by atomic mass is 35.5. The molecule has 1 aromatic carbocycles. The number of hydrogen-bond acceptors (Lipinski definition) is 3. The van der Waals surface area contributed by atoms with E-state index in [0.29, 0.717) is 17.1 Å². The van der Waals surface area contributed by atoms with Gasteiger partial charge in [-0.2, -0.15) is 0 Å². The molecule has 0 aliphatic heterocycles. The van der Waals surface area contributed by atoms with E-state index in [1.807, 2.05) is 17.5 Å². The molecule has 0 aliphatic rings. The summed E-state index contributed by atoms with van der Waals surface area (Å²) >= 11 is 7.57. The molecule has 2 aromatic rings. The molecule has 1 heterocycles. The molecule has 2 N–H and O–H groups in total. The van der Waals surface area contributed by atoms with E-state index in [1.54, 1.807) is 35.6 Å². The van der Waals surface area contributed by atoms with Gasteiger partial charge in [-0.15, -0.1) is 11.3 Å². The number of carbonyl (C=O) groups is 2. The van der Waals surface area contributed by atoms with E-state index in [1.165, 1.54) is 4.88 Å². The summed E-state index contributed by atoms with van der Waals surface area (Å²) in [6.45, 7) is 0.496. The number of nitrogens with one attached hydrogen (secondary N) is 2. The van der Waals surface area contributed by atoms with Gasteiger partial charge in [0.05, 0.1) is 17.1 Å². The third-order valence-corrected chi connectivity index (χ3v) is 4.07. The first-order chi connectivity index (χ1) is 10.2. The Morgan fingerprint density at radius 2 is 1.90 bits per heavy atom. The van der Waals surface area contributed by atoms with Crippen molar-refractivity contribution < 1.29 is 9.59 Å². The average Bonchev–Trinajstić information content (AvgIpc) is 2.98. The summed E-state index contributed by atoms with van der Waals surface area (Å²) in [5, 5.41) is 7.68. The first-order valence-corrected chi connectivity index (χ1v) is 7.74. The first-order valence-electron chi connectivity index (χ1n) is 6.48. The molecule has 0 spiro atoms. The Morgan fingerprint density at radius 1 is 1.10 bits per heavy atom. The summed E-state index contributed by atoms with van der Waals surface area (Å²) in [4.78, 5) is 24.7. The summed E-state index contributed by atoms with van der Waals surface area (Å²) in [6.07, 6.45) is 0.794. The van der Waals surface area contributed by atoms with Crippen LogP contribution in [0, 0.1) is 0 Å². The number of carbonyl (C=O) groups excluding carboxylic acids is 2. The Morgan fingerprint density at radius 3 is 2.62 bits per heavy atom. The van der Waals surface area contributed by atoms with Crippen LogP contribution >= 0.6 is 22.9 Å². The maximum atomic E-state index is 11.9. The van der Waals surface area contributed by atoms with Crippen LogP contribution in [0.2, 0.25) is 5.02 Å². The van der Waals surface area contributed by atoms with Gasteiger partial charge in [0, 0.05) is 11.4 Å². The smallest absolute Gasteiger partial charge is 0.253 e. The number of benzene rings is 1. The van der Waals surface area contributed by atoms with Crippen molar-refractivity contribution in [3.8, 4) is 0 Å². The normalized spacial score (nSPS) is 10.1. The topological polar surface area (TPSA) is 58.2 Å². The lowest BCUT2D eigenvalue weighted by Crippen LogP contribution is -2.37. The molecule has 1 aromatic heterocycles. The predicted octanol–water partition coefficient (Wildman–Crippen LogP) is 2.49. The second-order valence-corrected chi connectivity index (χ2v) is 5.78. The molecule has 0 fully saturated rings. The van der Waals surface area contributed by atoms with E-state index in [2.05, 4.69) is 10.6 Å². The van der Waals surface area contributed by atoms with Crippen LogP contribution in [0.1, 0.15) is 15.2 Å².